The van der Waals surface area contributed by atoms with Gasteiger partial charge in [-0.15, -0.1) is 0 Å². The molecule has 1 saturated carbocycles. The van der Waals surface area contributed by atoms with Crippen LogP contribution < -0.4 is 5.32 Å². The van der Waals surface area contributed by atoms with E-state index >= 15 is 0 Å². The average molecular weight is 350 g/mol. The van der Waals surface area contributed by atoms with Crippen LogP contribution in [0, 0.1) is 17.8 Å². The number of hydrogen-bond acceptors (Lipinski definition) is 3. The molecule has 2 aliphatic heterocycles. The van der Waals surface area contributed by atoms with E-state index in [0.29, 0.717) is 24.2 Å². The molecule has 0 bridgehead atoms. The molecule has 2 heterocycles. The van der Waals surface area contributed by atoms with Gasteiger partial charge in [0.25, 0.3) is 0 Å². The van der Waals surface area contributed by atoms with Crippen LogP contribution in [0.15, 0.2) is 0 Å². The summed E-state index contributed by atoms with van der Waals surface area (Å²) < 4.78 is 0. The monoisotopic (exact) mass is 349 g/mol. The Morgan fingerprint density at radius 1 is 0.920 bits per heavy atom. The number of carbonyl (C=O) groups excluding carboxylic acids is 2. The van der Waals surface area contributed by atoms with Gasteiger partial charge >= 0.3 is 0 Å². The molecular formula is C20H35N3O2. The van der Waals surface area contributed by atoms with Crippen molar-refractivity contribution in [3.8, 4) is 0 Å². The van der Waals surface area contributed by atoms with Gasteiger partial charge in [-0.25, -0.2) is 0 Å². The van der Waals surface area contributed by atoms with E-state index in [4.69, 9.17) is 0 Å². The van der Waals surface area contributed by atoms with Crippen LogP contribution in [0.5, 0.6) is 0 Å². The second-order valence-electron chi connectivity index (χ2n) is 8.31. The lowest BCUT2D eigenvalue weighted by atomic mass is 9.84. The van der Waals surface area contributed by atoms with E-state index in [9.17, 15) is 9.59 Å². The van der Waals surface area contributed by atoms with E-state index in [-0.39, 0.29) is 11.8 Å². The van der Waals surface area contributed by atoms with Crippen LogP contribution in [-0.4, -0.2) is 60.9 Å². The first-order valence-electron chi connectivity index (χ1n) is 10.4. The number of rotatable bonds is 4. The Kier molecular flexibility index (Phi) is 6.74. The van der Waals surface area contributed by atoms with Gasteiger partial charge in [-0.1, -0.05) is 26.2 Å². The maximum Gasteiger partial charge on any atom is 0.225 e. The Balaban J connectivity index is 1.41. The summed E-state index contributed by atoms with van der Waals surface area (Å²) >= 11 is 0. The lowest BCUT2D eigenvalue weighted by molar-refractivity contribution is -0.143. The highest BCUT2D eigenvalue weighted by Gasteiger charge is 2.30. The fourth-order valence-corrected chi connectivity index (χ4v) is 4.77. The zero-order chi connectivity index (χ0) is 17.6. The highest BCUT2D eigenvalue weighted by Crippen LogP contribution is 2.27. The second-order valence-corrected chi connectivity index (χ2v) is 8.31. The minimum Gasteiger partial charge on any atom is -0.339 e. The zero-order valence-electron chi connectivity index (χ0n) is 15.8. The summed E-state index contributed by atoms with van der Waals surface area (Å²) in [6, 6.07) is 0. The Hall–Kier alpha value is -1.10. The van der Waals surface area contributed by atoms with Crippen molar-refractivity contribution in [2.24, 2.45) is 17.8 Å². The van der Waals surface area contributed by atoms with Gasteiger partial charge in [0.05, 0.1) is 0 Å². The summed E-state index contributed by atoms with van der Waals surface area (Å²) in [5.74, 6) is 2.03. The van der Waals surface area contributed by atoms with E-state index in [1.807, 2.05) is 9.80 Å². The van der Waals surface area contributed by atoms with E-state index in [2.05, 4.69) is 12.2 Å². The van der Waals surface area contributed by atoms with Crippen LogP contribution in [0.3, 0.4) is 0 Å². The zero-order valence-corrected chi connectivity index (χ0v) is 15.8. The predicted molar refractivity (Wildman–Crippen MR) is 99.1 cm³/mol. The molecule has 5 nitrogen and oxygen atoms in total. The van der Waals surface area contributed by atoms with Gasteiger partial charge in [0.2, 0.25) is 11.8 Å². The SMILES string of the molecule is CC(CC(=O)N1CCN(C(=O)C2CCCCC2)CC1)C1CCNCC1. The van der Waals surface area contributed by atoms with Crippen molar-refractivity contribution in [3.63, 3.8) is 0 Å². The third-order valence-corrected chi connectivity index (χ3v) is 6.58. The van der Waals surface area contributed by atoms with Gasteiger partial charge in [-0.05, 0) is 50.6 Å². The van der Waals surface area contributed by atoms with E-state index in [0.717, 1.165) is 52.1 Å². The van der Waals surface area contributed by atoms with Crippen LogP contribution in [0.25, 0.3) is 0 Å². The van der Waals surface area contributed by atoms with Gasteiger partial charge in [0.1, 0.15) is 0 Å². The maximum atomic E-state index is 12.6. The van der Waals surface area contributed by atoms with Gasteiger partial charge in [0.15, 0.2) is 0 Å². The summed E-state index contributed by atoms with van der Waals surface area (Å²) in [5, 5.41) is 3.40. The standard InChI is InChI=1S/C20H35N3O2/c1-16(17-7-9-21-10-8-17)15-19(24)22-11-13-23(14-12-22)20(25)18-5-3-2-4-6-18/h16-18,21H,2-15H2,1H3. The molecule has 1 N–H and O–H groups in total. The number of carbonyl (C=O) groups is 2. The molecule has 142 valence electrons. The van der Waals surface area contributed by atoms with Crippen molar-refractivity contribution in [1.82, 2.24) is 15.1 Å². The molecule has 1 unspecified atom stereocenters. The van der Waals surface area contributed by atoms with Crippen LogP contribution >= 0.6 is 0 Å². The van der Waals surface area contributed by atoms with E-state index < -0.39 is 0 Å². The molecule has 3 fully saturated rings. The van der Waals surface area contributed by atoms with E-state index in [1.165, 1.54) is 32.1 Å². The van der Waals surface area contributed by atoms with Gasteiger partial charge in [-0.3, -0.25) is 9.59 Å². The number of piperazine rings is 1. The first-order valence-corrected chi connectivity index (χ1v) is 10.4. The summed E-state index contributed by atoms with van der Waals surface area (Å²) in [7, 11) is 0. The highest BCUT2D eigenvalue weighted by molar-refractivity contribution is 5.80. The second kappa shape index (κ2) is 9.02. The first-order chi connectivity index (χ1) is 12.1. The minimum atomic E-state index is 0.246. The Bertz CT molecular complexity index is 448. The van der Waals surface area contributed by atoms with Crippen molar-refractivity contribution in [3.05, 3.63) is 0 Å². The number of hydrogen-bond donors (Lipinski definition) is 1. The molecule has 0 radical (unpaired) electrons. The summed E-state index contributed by atoms with van der Waals surface area (Å²) in [6.45, 7) is 7.30. The Morgan fingerprint density at radius 2 is 1.52 bits per heavy atom. The van der Waals surface area contributed by atoms with Crippen molar-refractivity contribution < 1.29 is 9.59 Å². The van der Waals surface area contributed by atoms with Gasteiger partial charge in [0, 0.05) is 38.5 Å². The first kappa shape index (κ1) is 18.7. The van der Waals surface area contributed by atoms with E-state index in [1.54, 1.807) is 0 Å². The molecule has 25 heavy (non-hydrogen) atoms. The predicted octanol–water partition coefficient (Wildman–Crippen LogP) is 2.26. The van der Waals surface area contributed by atoms with Crippen LogP contribution in [0.1, 0.15) is 58.3 Å². The topological polar surface area (TPSA) is 52.7 Å². The molecule has 3 rings (SSSR count). The fourth-order valence-electron chi connectivity index (χ4n) is 4.77. The molecule has 2 amide bonds. The summed E-state index contributed by atoms with van der Waals surface area (Å²) in [4.78, 5) is 29.3. The third kappa shape index (κ3) is 4.96. The average Bonchev–Trinajstić information content (AvgIpc) is 2.69. The normalized spacial score (nSPS) is 25.0. The van der Waals surface area contributed by atoms with Crippen LogP contribution in [0.2, 0.25) is 0 Å². The van der Waals surface area contributed by atoms with Crippen LogP contribution in [0.4, 0.5) is 0 Å². The number of amides is 2. The minimum absolute atomic E-state index is 0.246. The quantitative estimate of drug-likeness (QED) is 0.847. The maximum absolute atomic E-state index is 12.6. The van der Waals surface area contributed by atoms with Crippen molar-refractivity contribution in [2.45, 2.75) is 58.3 Å². The molecule has 2 saturated heterocycles. The third-order valence-electron chi connectivity index (χ3n) is 6.58. The van der Waals surface area contributed by atoms with Crippen LogP contribution in [-0.2, 0) is 9.59 Å². The number of nitrogens with zero attached hydrogens (tertiary/aromatic N) is 2. The molecule has 0 aromatic heterocycles. The Morgan fingerprint density at radius 3 is 2.16 bits per heavy atom. The molecule has 0 spiro atoms. The number of nitrogens with one attached hydrogen (secondary N) is 1. The fraction of sp³-hybridized carbons (Fsp3) is 0.900. The van der Waals surface area contributed by atoms with Gasteiger partial charge < -0.3 is 15.1 Å². The van der Waals surface area contributed by atoms with Crippen molar-refractivity contribution >= 4 is 11.8 Å². The molecule has 3 aliphatic rings. The lowest BCUT2D eigenvalue weighted by Crippen LogP contribution is -2.52. The molecule has 0 aromatic carbocycles. The van der Waals surface area contributed by atoms with Crippen molar-refractivity contribution in [1.29, 1.82) is 0 Å². The number of piperidine rings is 1. The molecule has 0 aromatic rings. The molecular weight excluding hydrogens is 314 g/mol. The summed E-state index contributed by atoms with van der Waals surface area (Å²) in [5.41, 5.74) is 0. The lowest BCUT2D eigenvalue weighted by Gasteiger charge is -2.38. The largest absolute Gasteiger partial charge is 0.339 e. The smallest absolute Gasteiger partial charge is 0.225 e. The van der Waals surface area contributed by atoms with Gasteiger partial charge in [-0.2, -0.15) is 0 Å². The van der Waals surface area contributed by atoms with Crippen molar-refractivity contribution in [2.75, 3.05) is 39.3 Å². The molecule has 1 atom stereocenters. The molecule has 5 heteroatoms. The Labute approximate surface area is 152 Å². The highest BCUT2D eigenvalue weighted by atomic mass is 16.2. The molecule has 1 aliphatic carbocycles. The summed E-state index contributed by atoms with van der Waals surface area (Å²) in [6.07, 6.45) is 8.85.